The zero-order chi connectivity index (χ0) is 94.4. The summed E-state index contributed by atoms with van der Waals surface area (Å²) in [6.45, 7) is 5.10. The van der Waals surface area contributed by atoms with Crippen molar-refractivity contribution in [3.05, 3.63) is 18.3 Å². The number of aryl methyl sites for hydroxylation is 1. The lowest BCUT2D eigenvalue weighted by molar-refractivity contribution is -0.282. The number of Topliss-reactive ketones (excluding diaryl/α,β-unsaturated/α-hetero) is 5. The molecular weight excluding hydrogens is 1740 g/mol. The lowest BCUT2D eigenvalue weighted by atomic mass is 9.92. The number of phosphoric ester groups is 1. The Morgan fingerprint density at radius 1 is 0.512 bits per heavy atom. The van der Waals surface area contributed by atoms with Crippen LogP contribution in [0.1, 0.15) is 226 Å². The van der Waals surface area contributed by atoms with Crippen LogP contribution in [-0.2, 0) is 108 Å². The number of unbranched alkanes of at least 4 members (excludes halogenated alkanes) is 8. The van der Waals surface area contributed by atoms with Gasteiger partial charge in [-0.05, 0) is 90.4 Å². The third kappa shape index (κ3) is 37.1. The number of carbonyl (C=O) groups is 8. The molecule has 2 aromatic heterocycles. The summed E-state index contributed by atoms with van der Waals surface area (Å²) in [6, 6.07) is -1.17. The van der Waals surface area contributed by atoms with Gasteiger partial charge in [-0.2, -0.15) is 0 Å². The lowest BCUT2D eigenvalue weighted by Crippen LogP contribution is -2.59. The maximum atomic E-state index is 14.6. The van der Waals surface area contributed by atoms with E-state index in [1.54, 1.807) is 27.7 Å². The first-order chi connectivity index (χ1) is 61.5. The number of imidazole rings is 1. The van der Waals surface area contributed by atoms with E-state index in [1.165, 1.54) is 31.1 Å². The van der Waals surface area contributed by atoms with Crippen LogP contribution in [0.3, 0.4) is 0 Å². The largest absolute Gasteiger partial charge is 0.778 e. The predicted octanol–water partition coefficient (Wildman–Crippen LogP) is 1.52. The summed E-state index contributed by atoms with van der Waals surface area (Å²) in [4.78, 5) is 148. The van der Waals surface area contributed by atoms with E-state index in [0.717, 1.165) is 4.90 Å². The first-order valence-corrected chi connectivity index (χ1v) is 48.5. The molecule has 0 radical (unpaired) electrons. The molecule has 44 heteroatoms. The van der Waals surface area contributed by atoms with Gasteiger partial charge in [-0.3, -0.25) is 47.5 Å². The van der Waals surface area contributed by atoms with E-state index >= 15 is 0 Å². The molecule has 0 bridgehead atoms. The quantitative estimate of drug-likeness (QED) is 0.0254. The third-order valence-electron chi connectivity index (χ3n) is 23.8. The van der Waals surface area contributed by atoms with Crippen LogP contribution in [0.4, 0.5) is 0 Å². The number of nitrogens with one attached hydrogen (secondary N) is 2. The van der Waals surface area contributed by atoms with E-state index in [1.807, 2.05) is 0 Å². The molecule has 7 rings (SSSR count). The molecular formula is C85H141N7O35P2-2. The average molecular weight is 1880 g/mol. The highest BCUT2D eigenvalue weighted by Crippen LogP contribution is 2.49. The first-order valence-electron chi connectivity index (χ1n) is 45.5. The molecule has 0 aliphatic carbocycles. The van der Waals surface area contributed by atoms with Gasteiger partial charge in [0, 0.05) is 133 Å². The van der Waals surface area contributed by atoms with E-state index in [2.05, 4.69) is 25.6 Å². The molecule has 0 aromatic carbocycles. The molecule has 42 nitrogen and oxygen atoms in total. The summed E-state index contributed by atoms with van der Waals surface area (Å²) in [7, 11) is -9.90. The van der Waals surface area contributed by atoms with E-state index in [-0.39, 0.29) is 152 Å². The number of likely N-dealkylation sites (tertiary alicyclic amines) is 1. The molecule has 9 unspecified atom stereocenters. The van der Waals surface area contributed by atoms with Gasteiger partial charge in [-0.15, -0.1) is 0 Å². The van der Waals surface area contributed by atoms with Crippen molar-refractivity contribution in [2.45, 2.75) is 337 Å². The van der Waals surface area contributed by atoms with Crippen LogP contribution in [0.2, 0.25) is 0 Å². The van der Waals surface area contributed by atoms with Gasteiger partial charge in [-0.1, -0.05) is 47.5 Å². The fraction of sp³-hybridized carbons (Fsp3) is 0.847. The van der Waals surface area contributed by atoms with Crippen LogP contribution in [-0.4, -0.2) is 337 Å². The van der Waals surface area contributed by atoms with Crippen molar-refractivity contribution in [3.63, 3.8) is 0 Å². The molecule has 129 heavy (non-hydrogen) atoms. The number of ketones is 5. The second-order valence-electron chi connectivity index (χ2n) is 34.8. The minimum Gasteiger partial charge on any atom is -0.778 e. The van der Waals surface area contributed by atoms with E-state index in [0.29, 0.717) is 120 Å². The van der Waals surface area contributed by atoms with Crippen LogP contribution >= 0.6 is 15.4 Å². The minimum atomic E-state index is -5.42. The van der Waals surface area contributed by atoms with Gasteiger partial charge in [0.15, 0.2) is 24.5 Å². The molecule has 0 spiro atoms. The Balaban J connectivity index is 0.953. The molecule has 5 aliphatic rings. The Morgan fingerprint density at radius 3 is 1.38 bits per heavy atom. The highest BCUT2D eigenvalue weighted by atomic mass is 31.2. The molecule has 2 aromatic rings. The van der Waals surface area contributed by atoms with Crippen LogP contribution in [0.15, 0.2) is 12.7 Å². The van der Waals surface area contributed by atoms with Gasteiger partial charge in [-0.25, -0.2) is 15.0 Å². The number of aliphatic hydroxyl groups excluding tert-OH is 10. The molecule has 3 amide bonds. The van der Waals surface area contributed by atoms with E-state index < -0.39 is 226 Å². The number of amides is 3. The maximum Gasteiger partial charge on any atom is 0.268 e. The standard InChI is InChI=1S/C85H143N7O35P2/c1-53(2)128(111,112)121-47-69-65(40-73(123-69)92-52-89-74-57(6)87-51-88-81(74)92)127-129(113,114)122-46-58-39-64(101)42-91(58)72(104)41-71(103)90-85(48-115-36-29-62(99)23-11-7-9-21-59(96)26-14-18-33-118-82-54(3)75(105)78(108)66(43-93)124-82,49-116-37-30-63(100)24-12-8-10-22-60(97)27-15-19-34-119-83-55(4)76(106)79(109)67(44-94)125-83)50-117-38-31-70(102)86-32-17-13-25-61(98)28-16-20-35-120-84-56(5)77(107)80(110)68(45-95)126-84/h51-56,58,64-69,73,75-80,82-84,93-95,101,105-110H,7-50H2,1-6H3,(H,86,102)(H,90,103)(H,111,112)(H,113,114)/p-2/t54?,55?,56?,58-,64+,65?,66?,67?,68?,69-,73-,75-,76-,77-,78+,79+,80+,82-,83-,84-,85?/m1/s1. The number of hydrogen-bond acceptors (Lipinski definition) is 38. The van der Waals surface area contributed by atoms with E-state index in [4.69, 9.17) is 60.9 Å². The molecule has 5 fully saturated rings. The van der Waals surface area contributed by atoms with Crippen LogP contribution in [0.25, 0.3) is 11.2 Å². The fourth-order valence-electron chi connectivity index (χ4n) is 15.7. The molecule has 0 saturated carbocycles. The Labute approximate surface area is 753 Å². The van der Waals surface area contributed by atoms with E-state index in [9.17, 15) is 108 Å². The van der Waals surface area contributed by atoms with Crippen LogP contribution < -0.4 is 20.4 Å². The van der Waals surface area contributed by atoms with Crippen molar-refractivity contribution in [1.82, 2.24) is 35.1 Å². The third-order valence-corrected chi connectivity index (χ3v) is 26.6. The number of aliphatic hydroxyl groups is 10. The van der Waals surface area contributed by atoms with Gasteiger partial charge in [0.25, 0.3) is 7.82 Å². The molecule has 5 saturated heterocycles. The van der Waals surface area contributed by atoms with Gasteiger partial charge >= 0.3 is 0 Å². The van der Waals surface area contributed by atoms with Crippen molar-refractivity contribution in [1.29, 1.82) is 0 Å². The van der Waals surface area contributed by atoms with Crippen LogP contribution in [0.5, 0.6) is 0 Å². The fourth-order valence-corrected chi connectivity index (χ4v) is 17.3. The Kier molecular flexibility index (Phi) is 48.9. The van der Waals surface area contributed by atoms with Crippen molar-refractivity contribution >= 4 is 73.2 Å². The summed E-state index contributed by atoms with van der Waals surface area (Å²) >= 11 is 0. The molecule has 22 atom stereocenters. The van der Waals surface area contributed by atoms with Gasteiger partial charge in [0.05, 0.1) is 121 Å². The number of rotatable bonds is 66. The first kappa shape index (κ1) is 111. The number of fused-ring (bicyclic) bond motifs is 1. The second kappa shape index (κ2) is 57.0. The zero-order valence-electron chi connectivity index (χ0n) is 75.2. The van der Waals surface area contributed by atoms with Gasteiger partial charge in [0.2, 0.25) is 17.7 Å². The highest BCUT2D eigenvalue weighted by molar-refractivity contribution is 7.52. The summed E-state index contributed by atoms with van der Waals surface area (Å²) in [5, 5.41) is 107. The second-order valence-corrected chi connectivity index (χ2v) is 38.5. The van der Waals surface area contributed by atoms with Gasteiger partial charge < -0.3 is 142 Å². The zero-order valence-corrected chi connectivity index (χ0v) is 77.0. The Hall–Kier alpha value is -5.23. The maximum absolute atomic E-state index is 14.6. The molecule has 738 valence electrons. The SMILES string of the molecule is Cc1ncnc2c1ncn2[C@H]1CC(OP(=O)([O-])OC[C@H]2C[C@H](O)CN2C(=O)CC(=O)NC(COCCC(=O)CCCCCC(=O)CCCCO[C@@H]2OC(CO)[C@H](O)[C@H](O)C2C)(COCCC(=O)CCCCCC(=O)CCCCO[C@@H]2OC(CO)[C@H](O)[C@H](O)C2C)COCCC(=O)NCCCCC(=O)CCCCO[C@@H]2OC(CO)[C@H](O)[C@H](O)C2C)[C@@H](COP(=O)([O-])C(C)C)O1. The Bertz CT molecular complexity index is 3620. The van der Waals surface area contributed by atoms with Crippen molar-refractivity contribution in [2.24, 2.45) is 17.8 Å². The minimum absolute atomic E-state index is 0.00342. The molecule has 12 N–H and O–H groups in total. The predicted molar refractivity (Wildman–Crippen MR) is 452 cm³/mol. The number of phosphoric acid groups is 1. The molecule has 5 aliphatic heterocycles. The summed E-state index contributed by atoms with van der Waals surface area (Å²) in [5.41, 5.74) is -1.40. The Morgan fingerprint density at radius 2 is 0.938 bits per heavy atom. The summed E-state index contributed by atoms with van der Waals surface area (Å²) < 4.78 is 103. The van der Waals surface area contributed by atoms with Crippen molar-refractivity contribution in [3.8, 4) is 0 Å². The summed E-state index contributed by atoms with van der Waals surface area (Å²) in [6.07, 6.45) is -7.65. The monoisotopic (exact) mass is 1880 g/mol. The summed E-state index contributed by atoms with van der Waals surface area (Å²) in [5.74, 6) is -4.24. The number of nitrogens with zero attached hydrogens (tertiary/aromatic N) is 5. The average Bonchev–Trinajstić information content (AvgIpc) is 1.63. The lowest BCUT2D eigenvalue weighted by Gasteiger charge is -2.40. The number of β-amino-alcohol motifs (C(OH)–C–C–N with tert-alkyl or cyclic N) is 1. The number of carbonyl (C=O) groups excluding carboxylic acids is 8. The van der Waals surface area contributed by atoms with Crippen molar-refractivity contribution in [2.75, 3.05) is 106 Å². The van der Waals surface area contributed by atoms with Crippen molar-refractivity contribution < 1.29 is 169 Å². The normalized spacial score (nSPS) is 28.1. The number of hydrogen-bond donors (Lipinski definition) is 12. The topological polar surface area (TPSA) is 610 Å². The number of aromatic nitrogens is 4. The molecule has 7 heterocycles. The number of ether oxygens (including phenoxy) is 10. The van der Waals surface area contributed by atoms with Crippen LogP contribution in [0, 0.1) is 24.7 Å². The van der Waals surface area contributed by atoms with Gasteiger partial charge in [0.1, 0.15) is 109 Å². The smallest absolute Gasteiger partial charge is 0.268 e. The highest BCUT2D eigenvalue weighted by Gasteiger charge is 2.47.